The van der Waals surface area contributed by atoms with Crippen LogP contribution in [0.3, 0.4) is 0 Å². The molecule has 96 valence electrons. The number of carbonyl (C=O) groups excluding carboxylic acids is 2. The zero-order valence-corrected chi connectivity index (χ0v) is 9.64. The summed E-state index contributed by atoms with van der Waals surface area (Å²) in [7, 11) is 0. The van der Waals surface area contributed by atoms with Crippen molar-refractivity contribution in [3.05, 3.63) is 0 Å². The van der Waals surface area contributed by atoms with Gasteiger partial charge >= 0.3 is 5.97 Å². The number of nitrogens with zero attached hydrogens (tertiary/aromatic N) is 1. The van der Waals surface area contributed by atoms with Gasteiger partial charge in [-0.15, -0.1) is 0 Å². The maximum Gasteiger partial charge on any atom is 0.332 e. The number of amides is 2. The molecule has 1 aliphatic heterocycles. The van der Waals surface area contributed by atoms with Crippen LogP contribution in [0.1, 0.15) is 19.8 Å². The van der Waals surface area contributed by atoms with Crippen LogP contribution in [-0.2, 0) is 19.2 Å². The number of likely N-dealkylation sites (tertiary alicyclic amines) is 1. The highest BCUT2D eigenvalue weighted by Gasteiger charge is 2.27. The topological polar surface area (TPSA) is 95.9 Å². The van der Waals surface area contributed by atoms with E-state index in [4.69, 9.17) is 5.11 Å². The smallest absolute Gasteiger partial charge is 0.332 e. The Morgan fingerprint density at radius 3 is 2.76 bits per heavy atom. The van der Waals surface area contributed by atoms with Gasteiger partial charge in [0.05, 0.1) is 5.92 Å². The number of carbonyl (C=O) groups is 3. The van der Waals surface area contributed by atoms with Crippen LogP contribution in [0.25, 0.3) is 0 Å². The number of hydrogen-bond donors (Lipinski definition) is 2. The van der Waals surface area contributed by atoms with Gasteiger partial charge in [-0.2, -0.15) is 0 Å². The number of carboxylic acids is 1. The fourth-order valence-corrected chi connectivity index (χ4v) is 1.73. The molecule has 17 heavy (non-hydrogen) atoms. The zero-order valence-electron chi connectivity index (χ0n) is 9.64. The Morgan fingerprint density at radius 2 is 2.18 bits per heavy atom. The van der Waals surface area contributed by atoms with Crippen LogP contribution in [0, 0.1) is 5.92 Å². The van der Waals surface area contributed by atoms with E-state index in [0.29, 0.717) is 19.5 Å². The van der Waals surface area contributed by atoms with E-state index in [2.05, 4.69) is 10.3 Å². The molecule has 7 heteroatoms. The Bertz CT molecular complexity index is 318. The van der Waals surface area contributed by atoms with Crippen molar-refractivity contribution < 1.29 is 24.3 Å². The van der Waals surface area contributed by atoms with Crippen LogP contribution in [-0.4, -0.2) is 47.5 Å². The highest BCUT2D eigenvalue weighted by Crippen LogP contribution is 2.16. The van der Waals surface area contributed by atoms with Crippen LogP contribution >= 0.6 is 0 Å². The first-order chi connectivity index (χ1) is 8.00. The lowest BCUT2D eigenvalue weighted by molar-refractivity contribution is -0.151. The number of hydroxylamine groups is 1. The van der Waals surface area contributed by atoms with Crippen molar-refractivity contribution in [2.75, 3.05) is 19.7 Å². The third-order valence-electron chi connectivity index (χ3n) is 2.61. The van der Waals surface area contributed by atoms with Crippen molar-refractivity contribution in [3.63, 3.8) is 0 Å². The predicted octanol–water partition coefficient (Wildman–Crippen LogP) is -0.623. The van der Waals surface area contributed by atoms with Crippen molar-refractivity contribution in [2.45, 2.75) is 19.8 Å². The summed E-state index contributed by atoms with van der Waals surface area (Å²) >= 11 is 0. The summed E-state index contributed by atoms with van der Waals surface area (Å²) in [5, 5.41) is 8.32. The molecule has 1 atom stereocenters. The number of nitrogens with one attached hydrogen (secondary N) is 1. The molecule has 1 unspecified atom stereocenters. The lowest BCUT2D eigenvalue weighted by atomic mass is 9.97. The molecule has 1 aliphatic rings. The van der Waals surface area contributed by atoms with E-state index >= 15 is 0 Å². The highest BCUT2D eigenvalue weighted by molar-refractivity contribution is 5.80. The molecular formula is C10H16N2O5. The standard InChI is InChI=1S/C10H16N2O5/c1-7(13)12-4-2-3-8(5-12)10(16)11-17-6-9(14)15/h8H,2-6H2,1H3,(H,11,16)(H,14,15). The third kappa shape index (κ3) is 4.39. The third-order valence-corrected chi connectivity index (χ3v) is 2.61. The molecule has 1 heterocycles. The van der Waals surface area contributed by atoms with E-state index in [1.54, 1.807) is 4.90 Å². The summed E-state index contributed by atoms with van der Waals surface area (Å²) in [5.41, 5.74) is 2.09. The Kier molecular flexibility index (Phi) is 4.89. The molecule has 0 bridgehead atoms. The fourth-order valence-electron chi connectivity index (χ4n) is 1.73. The molecule has 7 nitrogen and oxygen atoms in total. The van der Waals surface area contributed by atoms with Gasteiger partial charge in [-0.3, -0.25) is 14.4 Å². The van der Waals surface area contributed by atoms with Crippen LogP contribution in [0.5, 0.6) is 0 Å². The van der Waals surface area contributed by atoms with Crippen LogP contribution in [0.4, 0.5) is 0 Å². The van der Waals surface area contributed by atoms with Crippen molar-refractivity contribution >= 4 is 17.8 Å². The summed E-state index contributed by atoms with van der Waals surface area (Å²) in [5.74, 6) is -1.92. The summed E-state index contributed by atoms with van der Waals surface area (Å²) in [4.78, 5) is 39.0. The Morgan fingerprint density at radius 1 is 1.47 bits per heavy atom. The average molecular weight is 244 g/mol. The van der Waals surface area contributed by atoms with Gasteiger partial charge in [0.15, 0.2) is 6.61 Å². The number of carboxylic acid groups (broad SMARTS) is 1. The van der Waals surface area contributed by atoms with Gasteiger partial charge in [0.2, 0.25) is 11.8 Å². The molecule has 0 aliphatic carbocycles. The molecule has 0 aromatic carbocycles. The van der Waals surface area contributed by atoms with Gasteiger partial charge in [-0.1, -0.05) is 0 Å². The predicted molar refractivity (Wildman–Crippen MR) is 56.7 cm³/mol. The molecule has 2 N–H and O–H groups in total. The van der Waals surface area contributed by atoms with E-state index in [9.17, 15) is 14.4 Å². The molecule has 1 rings (SSSR count). The number of aliphatic carboxylic acids is 1. The molecule has 0 radical (unpaired) electrons. The lowest BCUT2D eigenvalue weighted by Gasteiger charge is -2.30. The second-order valence-corrected chi connectivity index (χ2v) is 3.95. The monoisotopic (exact) mass is 244 g/mol. The number of rotatable bonds is 4. The molecule has 1 saturated heterocycles. The zero-order chi connectivity index (χ0) is 12.8. The molecule has 0 spiro atoms. The van der Waals surface area contributed by atoms with Gasteiger partial charge in [0.1, 0.15) is 0 Å². The lowest BCUT2D eigenvalue weighted by Crippen LogP contribution is -2.44. The molecule has 0 aromatic heterocycles. The normalized spacial score (nSPS) is 19.8. The SMILES string of the molecule is CC(=O)N1CCCC(C(=O)NOCC(=O)O)C1. The van der Waals surface area contributed by atoms with Crippen LogP contribution in [0.15, 0.2) is 0 Å². The maximum atomic E-state index is 11.6. The highest BCUT2D eigenvalue weighted by atomic mass is 16.7. The van der Waals surface area contributed by atoms with Crippen molar-refractivity contribution in [3.8, 4) is 0 Å². The van der Waals surface area contributed by atoms with Gasteiger partial charge in [0.25, 0.3) is 0 Å². The van der Waals surface area contributed by atoms with Crippen LogP contribution < -0.4 is 5.48 Å². The van der Waals surface area contributed by atoms with Gasteiger partial charge < -0.3 is 10.0 Å². The first-order valence-electron chi connectivity index (χ1n) is 5.39. The van der Waals surface area contributed by atoms with E-state index < -0.39 is 12.6 Å². The molecule has 0 aromatic rings. The second-order valence-electron chi connectivity index (χ2n) is 3.95. The molecule has 1 fully saturated rings. The Balaban J connectivity index is 2.35. The molecule has 0 saturated carbocycles. The van der Waals surface area contributed by atoms with E-state index in [0.717, 1.165) is 6.42 Å². The molecule has 2 amide bonds. The number of hydrogen-bond acceptors (Lipinski definition) is 4. The van der Waals surface area contributed by atoms with E-state index in [-0.39, 0.29) is 17.7 Å². The average Bonchev–Trinajstić information content (AvgIpc) is 2.28. The number of piperidine rings is 1. The van der Waals surface area contributed by atoms with Gasteiger partial charge in [-0.25, -0.2) is 10.3 Å². The molecular weight excluding hydrogens is 228 g/mol. The summed E-state index contributed by atoms with van der Waals surface area (Å²) in [6.45, 7) is 1.91. The summed E-state index contributed by atoms with van der Waals surface area (Å²) < 4.78 is 0. The van der Waals surface area contributed by atoms with E-state index in [1.165, 1.54) is 6.92 Å². The van der Waals surface area contributed by atoms with Crippen molar-refractivity contribution in [2.24, 2.45) is 5.92 Å². The Hall–Kier alpha value is -1.63. The van der Waals surface area contributed by atoms with Crippen molar-refractivity contribution in [1.29, 1.82) is 0 Å². The maximum absolute atomic E-state index is 11.6. The Labute approximate surface area is 98.7 Å². The summed E-state index contributed by atoms with van der Waals surface area (Å²) in [6.07, 6.45) is 1.43. The fraction of sp³-hybridized carbons (Fsp3) is 0.700. The quantitative estimate of drug-likeness (QED) is 0.642. The van der Waals surface area contributed by atoms with Crippen LogP contribution in [0.2, 0.25) is 0 Å². The minimum atomic E-state index is -1.15. The van der Waals surface area contributed by atoms with Gasteiger partial charge in [0, 0.05) is 20.0 Å². The second kappa shape index (κ2) is 6.19. The van der Waals surface area contributed by atoms with Crippen molar-refractivity contribution in [1.82, 2.24) is 10.4 Å². The first-order valence-corrected chi connectivity index (χ1v) is 5.39. The minimum absolute atomic E-state index is 0.0612. The first kappa shape index (κ1) is 13.4. The van der Waals surface area contributed by atoms with E-state index in [1.807, 2.05) is 0 Å². The largest absolute Gasteiger partial charge is 0.479 e. The summed E-state index contributed by atoms with van der Waals surface area (Å²) in [6, 6.07) is 0. The van der Waals surface area contributed by atoms with Gasteiger partial charge in [-0.05, 0) is 12.8 Å². The minimum Gasteiger partial charge on any atom is -0.479 e.